The first-order chi connectivity index (χ1) is 13.7. The molecule has 2 aromatic heterocycles. The fourth-order valence-electron chi connectivity index (χ4n) is 3.08. The van der Waals surface area contributed by atoms with E-state index in [1.807, 2.05) is 0 Å². The lowest BCUT2D eigenvalue weighted by atomic mass is 10.0. The number of nitrogens with two attached hydrogens (primary N) is 1. The van der Waals surface area contributed by atoms with Crippen LogP contribution in [0.25, 0.3) is 11.0 Å². The van der Waals surface area contributed by atoms with Crippen LogP contribution in [0, 0.1) is 12.7 Å². The number of carbonyl (C=O) groups is 2. The highest BCUT2D eigenvalue weighted by atomic mass is 19.1. The van der Waals surface area contributed by atoms with Gasteiger partial charge in [-0.2, -0.15) is 0 Å². The first-order valence-electron chi connectivity index (χ1n) is 8.73. The van der Waals surface area contributed by atoms with Crippen LogP contribution in [0.5, 0.6) is 5.75 Å². The molecular formula is C20H19FN4O4. The molecule has 0 saturated carbocycles. The number of amides is 2. The summed E-state index contributed by atoms with van der Waals surface area (Å²) in [6.07, 6.45) is 0.390. The molecule has 1 aromatic carbocycles. The van der Waals surface area contributed by atoms with E-state index in [0.717, 1.165) is 10.1 Å². The number of carbonyl (C=O) groups excluding carboxylic acids is 2. The predicted octanol–water partition coefficient (Wildman–Crippen LogP) is 0.985. The zero-order valence-corrected chi connectivity index (χ0v) is 15.8. The molecule has 0 spiro atoms. The van der Waals surface area contributed by atoms with Gasteiger partial charge in [0.2, 0.25) is 5.91 Å². The van der Waals surface area contributed by atoms with Crippen molar-refractivity contribution in [2.75, 3.05) is 7.05 Å². The number of hydrogen-bond acceptors (Lipinski definition) is 5. The number of pyridine rings is 2. The Morgan fingerprint density at radius 1 is 1.28 bits per heavy atom. The first kappa shape index (κ1) is 20.0. The summed E-state index contributed by atoms with van der Waals surface area (Å²) in [5, 5.41) is 12.8. The van der Waals surface area contributed by atoms with Gasteiger partial charge in [0.05, 0.1) is 5.52 Å². The Kier molecular flexibility index (Phi) is 5.31. The summed E-state index contributed by atoms with van der Waals surface area (Å²) < 4.78 is 14.2. The number of rotatable bonds is 5. The van der Waals surface area contributed by atoms with Crippen LogP contribution in [-0.2, 0) is 17.8 Å². The van der Waals surface area contributed by atoms with Crippen LogP contribution in [0.4, 0.5) is 4.39 Å². The molecule has 0 aliphatic carbocycles. The second-order valence-corrected chi connectivity index (χ2v) is 6.56. The molecule has 29 heavy (non-hydrogen) atoms. The van der Waals surface area contributed by atoms with Gasteiger partial charge < -0.3 is 16.2 Å². The van der Waals surface area contributed by atoms with Crippen LogP contribution in [-0.4, -0.2) is 33.5 Å². The topological polar surface area (TPSA) is 127 Å². The summed E-state index contributed by atoms with van der Waals surface area (Å²) in [7, 11) is 1.41. The summed E-state index contributed by atoms with van der Waals surface area (Å²) in [5.74, 6) is -2.57. The number of aryl methyl sites for hydroxylation is 1. The molecule has 0 saturated heterocycles. The number of hydrogen-bond donors (Lipinski definition) is 3. The third kappa shape index (κ3) is 3.79. The quantitative estimate of drug-likeness (QED) is 0.591. The molecule has 0 aliphatic heterocycles. The fourth-order valence-corrected chi connectivity index (χ4v) is 3.08. The third-order valence-electron chi connectivity index (χ3n) is 4.64. The lowest BCUT2D eigenvalue weighted by molar-refractivity contribution is -0.121. The molecule has 150 valence electrons. The second kappa shape index (κ2) is 7.70. The molecule has 3 aromatic rings. The zero-order valence-electron chi connectivity index (χ0n) is 15.8. The van der Waals surface area contributed by atoms with E-state index in [1.54, 1.807) is 25.1 Å². The van der Waals surface area contributed by atoms with Crippen LogP contribution >= 0.6 is 0 Å². The van der Waals surface area contributed by atoms with E-state index in [2.05, 4.69) is 10.3 Å². The zero-order chi connectivity index (χ0) is 21.3. The van der Waals surface area contributed by atoms with E-state index in [0.29, 0.717) is 17.7 Å². The van der Waals surface area contributed by atoms with Crippen molar-refractivity contribution in [2.45, 2.75) is 19.9 Å². The molecule has 3 rings (SSSR count). The molecule has 0 fully saturated rings. The van der Waals surface area contributed by atoms with Crippen molar-refractivity contribution >= 4 is 22.8 Å². The number of aromatic nitrogens is 2. The molecule has 9 heteroatoms. The van der Waals surface area contributed by atoms with Crippen LogP contribution in [0.15, 0.2) is 35.1 Å². The standard InChI is InChI=1S/C20H19FN4O4/c1-10-12(7-11-3-5-13(21)6-4-11)8-14-17(24-10)18(27)16(19(22)28)20(29)25(14)9-15(26)23-2/h3-6,8,27H,7,9H2,1-2H3,(H2,22,28)(H,23,26). The monoisotopic (exact) mass is 398 g/mol. The number of likely N-dealkylation sites (N-methyl/N-ethyl adjacent to an activating group) is 1. The molecule has 8 nitrogen and oxygen atoms in total. The Bertz CT molecular complexity index is 1190. The van der Waals surface area contributed by atoms with Crippen LogP contribution < -0.4 is 16.6 Å². The van der Waals surface area contributed by atoms with Crippen molar-refractivity contribution in [3.63, 3.8) is 0 Å². The summed E-state index contributed by atoms with van der Waals surface area (Å²) in [6.45, 7) is 1.32. The molecule has 0 atom stereocenters. The smallest absolute Gasteiger partial charge is 0.268 e. The van der Waals surface area contributed by atoms with E-state index in [-0.39, 0.29) is 23.4 Å². The average Bonchev–Trinajstić information content (AvgIpc) is 2.67. The average molecular weight is 398 g/mol. The van der Waals surface area contributed by atoms with Gasteiger partial charge in [-0.1, -0.05) is 12.1 Å². The van der Waals surface area contributed by atoms with E-state index < -0.39 is 28.7 Å². The van der Waals surface area contributed by atoms with E-state index in [1.165, 1.54) is 19.2 Å². The summed E-state index contributed by atoms with van der Waals surface area (Å²) >= 11 is 0. The number of aromatic hydroxyl groups is 1. The van der Waals surface area contributed by atoms with Crippen molar-refractivity contribution in [1.29, 1.82) is 0 Å². The van der Waals surface area contributed by atoms with Gasteiger partial charge in [-0.25, -0.2) is 9.37 Å². The van der Waals surface area contributed by atoms with Gasteiger partial charge in [0.25, 0.3) is 11.5 Å². The normalized spacial score (nSPS) is 10.9. The maximum atomic E-state index is 13.2. The highest BCUT2D eigenvalue weighted by Crippen LogP contribution is 2.27. The third-order valence-corrected chi connectivity index (χ3v) is 4.64. The number of benzene rings is 1. The lowest BCUT2D eigenvalue weighted by Gasteiger charge is -2.15. The predicted molar refractivity (Wildman–Crippen MR) is 104 cm³/mol. The molecular weight excluding hydrogens is 379 g/mol. The highest BCUT2D eigenvalue weighted by molar-refractivity contribution is 6.00. The van der Waals surface area contributed by atoms with Gasteiger partial charge in [-0.05, 0) is 42.7 Å². The maximum Gasteiger partial charge on any atom is 0.268 e. The van der Waals surface area contributed by atoms with Crippen molar-refractivity contribution < 1.29 is 19.1 Å². The molecule has 0 bridgehead atoms. The maximum absolute atomic E-state index is 13.2. The summed E-state index contributed by atoms with van der Waals surface area (Å²) in [5.41, 5.74) is 5.97. The Hall–Kier alpha value is -3.75. The van der Waals surface area contributed by atoms with Gasteiger partial charge in [-0.3, -0.25) is 19.0 Å². The fraction of sp³-hybridized carbons (Fsp3) is 0.200. The Balaban J connectivity index is 2.26. The van der Waals surface area contributed by atoms with Gasteiger partial charge in [-0.15, -0.1) is 0 Å². The largest absolute Gasteiger partial charge is 0.505 e. The molecule has 0 radical (unpaired) electrons. The van der Waals surface area contributed by atoms with Crippen LogP contribution in [0.1, 0.15) is 27.2 Å². The number of halogens is 1. The molecule has 0 aliphatic rings. The van der Waals surface area contributed by atoms with Crippen molar-refractivity contribution in [3.8, 4) is 5.75 Å². The Morgan fingerprint density at radius 2 is 1.93 bits per heavy atom. The van der Waals surface area contributed by atoms with Crippen molar-refractivity contribution in [3.05, 3.63) is 68.9 Å². The van der Waals surface area contributed by atoms with E-state index in [9.17, 15) is 23.9 Å². The second-order valence-electron chi connectivity index (χ2n) is 6.56. The minimum atomic E-state index is -1.12. The van der Waals surface area contributed by atoms with E-state index >= 15 is 0 Å². The number of nitrogens with one attached hydrogen (secondary N) is 1. The first-order valence-corrected chi connectivity index (χ1v) is 8.73. The van der Waals surface area contributed by atoms with Gasteiger partial charge >= 0.3 is 0 Å². The number of fused-ring (bicyclic) bond motifs is 1. The van der Waals surface area contributed by atoms with Crippen molar-refractivity contribution in [1.82, 2.24) is 14.9 Å². The highest BCUT2D eigenvalue weighted by Gasteiger charge is 2.23. The molecule has 2 heterocycles. The minimum Gasteiger partial charge on any atom is -0.505 e. The molecule has 4 N–H and O–H groups in total. The number of nitrogens with zero attached hydrogens (tertiary/aromatic N) is 2. The minimum absolute atomic E-state index is 0.0114. The summed E-state index contributed by atoms with van der Waals surface area (Å²) in [6, 6.07) is 7.56. The molecule has 2 amide bonds. The van der Waals surface area contributed by atoms with Gasteiger partial charge in [0, 0.05) is 12.7 Å². The van der Waals surface area contributed by atoms with Gasteiger partial charge in [0.1, 0.15) is 23.4 Å². The van der Waals surface area contributed by atoms with Crippen LogP contribution in [0.3, 0.4) is 0 Å². The Morgan fingerprint density at radius 3 is 2.52 bits per heavy atom. The lowest BCUT2D eigenvalue weighted by Crippen LogP contribution is -2.35. The van der Waals surface area contributed by atoms with Gasteiger partial charge in [0.15, 0.2) is 5.75 Å². The van der Waals surface area contributed by atoms with Crippen molar-refractivity contribution in [2.24, 2.45) is 5.73 Å². The number of primary amides is 1. The Labute approximate surface area is 164 Å². The SMILES string of the molecule is CNC(=O)Cn1c(=O)c(C(N)=O)c(O)c2nc(C)c(Cc3ccc(F)cc3)cc21. The van der Waals surface area contributed by atoms with E-state index in [4.69, 9.17) is 5.73 Å². The van der Waals surface area contributed by atoms with Crippen LogP contribution in [0.2, 0.25) is 0 Å². The molecule has 0 unspecified atom stereocenters. The summed E-state index contributed by atoms with van der Waals surface area (Å²) in [4.78, 5) is 40.7.